The summed E-state index contributed by atoms with van der Waals surface area (Å²) < 4.78 is 24.9. The molecular formula is C29H44N3O5P. The Morgan fingerprint density at radius 1 is 1.26 bits per heavy atom. The zero-order valence-electron chi connectivity index (χ0n) is 23.6. The highest BCUT2D eigenvalue weighted by atomic mass is 31.2. The van der Waals surface area contributed by atoms with Gasteiger partial charge in [0.25, 0.3) is 0 Å². The van der Waals surface area contributed by atoms with Crippen LogP contribution in [-0.4, -0.2) is 71.0 Å². The number of piperidine rings is 3. The molecule has 3 aliphatic heterocycles. The summed E-state index contributed by atoms with van der Waals surface area (Å²) in [5.41, 5.74) is 1.30. The second kappa shape index (κ2) is 11.5. The molecule has 2 bridgehead atoms. The molecule has 0 radical (unpaired) electrons. The SMILES string of the molecule is CCP(=O)(CC)C(O)CC1CN2CCC1CC2C(OC(=O)NC(C)(C)C)c1ccnc2ccc(OC)cc12. The molecule has 38 heavy (non-hydrogen) atoms. The largest absolute Gasteiger partial charge is 0.497 e. The number of aromatic nitrogens is 1. The summed E-state index contributed by atoms with van der Waals surface area (Å²) in [4.78, 5) is 20.0. The number of hydrogen-bond acceptors (Lipinski definition) is 7. The zero-order chi connectivity index (χ0) is 27.7. The van der Waals surface area contributed by atoms with Gasteiger partial charge >= 0.3 is 6.09 Å². The van der Waals surface area contributed by atoms with E-state index in [1.54, 1.807) is 13.3 Å². The van der Waals surface area contributed by atoms with E-state index in [0.29, 0.717) is 24.7 Å². The van der Waals surface area contributed by atoms with E-state index in [0.717, 1.165) is 48.1 Å². The minimum Gasteiger partial charge on any atom is -0.497 e. The van der Waals surface area contributed by atoms with Gasteiger partial charge < -0.3 is 24.5 Å². The van der Waals surface area contributed by atoms with Crippen LogP contribution < -0.4 is 10.1 Å². The molecule has 6 atom stereocenters. The van der Waals surface area contributed by atoms with Crippen LogP contribution in [0.1, 0.15) is 65.5 Å². The Bertz CT molecular complexity index is 1170. The maximum atomic E-state index is 13.2. The standard InChI is InChI=1S/C29H44N3O5P/c1-7-38(35,8-2)26(33)16-20-18-32-14-12-19(20)15-25(32)27(37-28(34)31-29(3,4)5)22-11-13-30-24-10-9-21(36-6)17-23(22)24/h9-11,13,17,19-20,25-27,33H,7-8,12,14-16,18H2,1-6H3,(H,31,34). The van der Waals surface area contributed by atoms with E-state index in [9.17, 15) is 14.5 Å². The summed E-state index contributed by atoms with van der Waals surface area (Å²) in [6, 6.07) is 7.70. The van der Waals surface area contributed by atoms with E-state index in [2.05, 4.69) is 15.2 Å². The third-order valence-corrected chi connectivity index (χ3v) is 11.9. The van der Waals surface area contributed by atoms with Gasteiger partial charge in [-0.1, -0.05) is 13.8 Å². The van der Waals surface area contributed by atoms with Gasteiger partial charge in [-0.3, -0.25) is 9.88 Å². The Morgan fingerprint density at radius 2 is 2.00 bits per heavy atom. The van der Waals surface area contributed by atoms with E-state index in [4.69, 9.17) is 9.47 Å². The molecular weight excluding hydrogens is 501 g/mol. The number of fused-ring (bicyclic) bond motifs is 4. The van der Waals surface area contributed by atoms with Crippen LogP contribution in [0.25, 0.3) is 10.9 Å². The highest BCUT2D eigenvalue weighted by Crippen LogP contribution is 2.53. The molecule has 5 rings (SSSR count). The quantitative estimate of drug-likeness (QED) is 0.394. The summed E-state index contributed by atoms with van der Waals surface area (Å²) in [6.07, 6.45) is 4.34. The summed E-state index contributed by atoms with van der Waals surface area (Å²) >= 11 is 0. The normalized spacial score (nSPS) is 25.1. The molecule has 3 saturated heterocycles. The lowest BCUT2D eigenvalue weighted by Gasteiger charge is -2.52. The van der Waals surface area contributed by atoms with Crippen molar-refractivity contribution in [2.75, 3.05) is 32.5 Å². The van der Waals surface area contributed by atoms with E-state index < -0.39 is 30.7 Å². The highest BCUT2D eigenvalue weighted by molar-refractivity contribution is 7.64. The Kier molecular flexibility index (Phi) is 8.75. The van der Waals surface area contributed by atoms with Crippen LogP contribution in [0.15, 0.2) is 30.5 Å². The van der Waals surface area contributed by atoms with Gasteiger partial charge in [0.2, 0.25) is 0 Å². The first-order chi connectivity index (χ1) is 18.0. The van der Waals surface area contributed by atoms with Crippen LogP contribution in [0.5, 0.6) is 5.75 Å². The number of hydrogen-bond donors (Lipinski definition) is 2. The van der Waals surface area contributed by atoms with Gasteiger partial charge in [0.15, 0.2) is 0 Å². The van der Waals surface area contributed by atoms with Gasteiger partial charge in [-0.25, -0.2) is 4.79 Å². The molecule has 1 aromatic carbocycles. The van der Waals surface area contributed by atoms with E-state index in [1.165, 1.54) is 0 Å². The number of methoxy groups -OCH3 is 1. The van der Waals surface area contributed by atoms with Gasteiger partial charge in [0.05, 0.1) is 18.7 Å². The van der Waals surface area contributed by atoms with Gasteiger partial charge in [-0.2, -0.15) is 0 Å². The van der Waals surface area contributed by atoms with Crippen LogP contribution in [0.3, 0.4) is 0 Å². The lowest BCUT2D eigenvalue weighted by atomic mass is 9.72. The van der Waals surface area contributed by atoms with Gasteiger partial charge in [0.1, 0.15) is 24.8 Å². The molecule has 9 heteroatoms. The molecule has 1 amide bonds. The number of amides is 1. The van der Waals surface area contributed by atoms with Gasteiger partial charge in [-0.15, -0.1) is 0 Å². The van der Waals surface area contributed by atoms with Crippen LogP contribution >= 0.6 is 7.14 Å². The van der Waals surface area contributed by atoms with E-state index >= 15 is 0 Å². The van der Waals surface area contributed by atoms with Crippen LogP contribution in [0, 0.1) is 11.8 Å². The highest BCUT2D eigenvalue weighted by Gasteiger charge is 2.46. The number of rotatable bonds is 9. The lowest BCUT2D eigenvalue weighted by Crippen LogP contribution is -2.56. The second-order valence-corrected chi connectivity index (χ2v) is 15.7. The van der Waals surface area contributed by atoms with Crippen molar-refractivity contribution in [2.45, 2.75) is 77.4 Å². The Balaban J connectivity index is 1.64. The fourth-order valence-electron chi connectivity index (χ4n) is 6.19. The molecule has 210 valence electrons. The van der Waals surface area contributed by atoms with Gasteiger partial charge in [0, 0.05) is 41.6 Å². The molecule has 1 aromatic heterocycles. The number of nitrogens with zero attached hydrogens (tertiary/aromatic N) is 2. The number of carbonyl (C=O) groups excluding carboxylic acids is 1. The molecule has 3 fully saturated rings. The van der Waals surface area contributed by atoms with Crippen molar-refractivity contribution in [3.8, 4) is 5.75 Å². The number of aliphatic hydroxyl groups excluding tert-OH is 1. The molecule has 0 saturated carbocycles. The van der Waals surface area contributed by atoms with Crippen molar-refractivity contribution >= 4 is 24.1 Å². The molecule has 2 aromatic rings. The first-order valence-electron chi connectivity index (χ1n) is 13.9. The lowest BCUT2D eigenvalue weighted by molar-refractivity contribution is -0.0660. The number of pyridine rings is 1. The number of carbonyl (C=O) groups is 1. The molecule has 4 heterocycles. The first kappa shape index (κ1) is 28.8. The predicted molar refractivity (Wildman–Crippen MR) is 151 cm³/mol. The Morgan fingerprint density at radius 3 is 2.61 bits per heavy atom. The van der Waals surface area contributed by atoms with Crippen molar-refractivity contribution in [3.63, 3.8) is 0 Å². The average Bonchev–Trinajstić information content (AvgIpc) is 2.90. The van der Waals surface area contributed by atoms with Crippen molar-refractivity contribution in [2.24, 2.45) is 11.8 Å². The minimum atomic E-state index is -2.58. The maximum absolute atomic E-state index is 13.2. The molecule has 3 aliphatic rings. The van der Waals surface area contributed by atoms with Crippen molar-refractivity contribution in [1.82, 2.24) is 15.2 Å². The first-order valence-corrected chi connectivity index (χ1v) is 16.0. The smallest absolute Gasteiger partial charge is 0.408 e. The average molecular weight is 546 g/mol. The van der Waals surface area contributed by atoms with Crippen LogP contribution in [0.2, 0.25) is 0 Å². The summed E-state index contributed by atoms with van der Waals surface area (Å²) in [6.45, 7) is 11.3. The zero-order valence-corrected chi connectivity index (χ0v) is 24.5. The Labute approximate surface area is 226 Å². The van der Waals surface area contributed by atoms with Crippen molar-refractivity contribution < 1.29 is 23.9 Å². The number of ether oxygens (including phenoxy) is 2. The molecule has 8 nitrogen and oxygen atoms in total. The monoisotopic (exact) mass is 545 g/mol. The third kappa shape index (κ3) is 6.19. The van der Waals surface area contributed by atoms with Crippen molar-refractivity contribution in [3.05, 3.63) is 36.0 Å². The molecule has 6 unspecified atom stereocenters. The number of nitrogens with one attached hydrogen (secondary N) is 1. The van der Waals surface area contributed by atoms with Gasteiger partial charge in [-0.05, 0) is 82.7 Å². The minimum absolute atomic E-state index is 0.00572. The number of benzene rings is 1. The predicted octanol–water partition coefficient (Wildman–Crippen LogP) is 5.63. The fourth-order valence-corrected chi connectivity index (χ4v) is 8.14. The molecule has 0 aliphatic carbocycles. The number of alkyl carbamates (subject to hydrolysis) is 1. The Hall–Kier alpha value is -2.15. The van der Waals surface area contributed by atoms with E-state index in [1.807, 2.05) is 58.9 Å². The third-order valence-electron chi connectivity index (χ3n) is 8.41. The topological polar surface area (TPSA) is 101 Å². The molecule has 2 N–H and O–H groups in total. The van der Waals surface area contributed by atoms with Crippen LogP contribution in [0.4, 0.5) is 4.79 Å². The summed E-state index contributed by atoms with van der Waals surface area (Å²) in [7, 11) is -0.940. The maximum Gasteiger partial charge on any atom is 0.408 e. The molecule has 0 spiro atoms. The summed E-state index contributed by atoms with van der Waals surface area (Å²) in [5.74, 6) is 0.629. The fraction of sp³-hybridized carbons (Fsp3) is 0.655. The van der Waals surface area contributed by atoms with E-state index in [-0.39, 0.29) is 12.0 Å². The van der Waals surface area contributed by atoms with Crippen molar-refractivity contribution in [1.29, 1.82) is 0 Å². The summed E-state index contributed by atoms with van der Waals surface area (Å²) in [5, 5.41) is 14.8. The number of aliphatic hydroxyl groups is 1. The second-order valence-electron chi connectivity index (χ2n) is 11.9. The van der Waals surface area contributed by atoms with Crippen LogP contribution in [-0.2, 0) is 9.30 Å².